The van der Waals surface area contributed by atoms with E-state index in [2.05, 4.69) is 0 Å². The van der Waals surface area contributed by atoms with E-state index in [-0.39, 0.29) is 9.80 Å². The molecule has 0 amide bonds. The maximum absolute atomic E-state index is 13.2. The summed E-state index contributed by atoms with van der Waals surface area (Å²) < 4.78 is 37.7. The molecule has 1 aromatic carbocycles. The second-order valence-electron chi connectivity index (χ2n) is 4.26. The largest absolute Gasteiger partial charge is 0.342 e. The highest BCUT2D eigenvalue weighted by atomic mass is 32.2. The Bertz CT molecular complexity index is 716. The SMILES string of the molecule is N#CC1=C2CCCN2c2ccc(F)cc2S1(=O)=O. The monoisotopic (exact) mass is 264 g/mol. The van der Waals surface area contributed by atoms with Crippen LogP contribution in [0.25, 0.3) is 0 Å². The Morgan fingerprint density at radius 1 is 1.39 bits per heavy atom. The Kier molecular flexibility index (Phi) is 2.22. The van der Waals surface area contributed by atoms with E-state index < -0.39 is 15.7 Å². The van der Waals surface area contributed by atoms with Gasteiger partial charge in [-0.05, 0) is 31.0 Å². The number of sulfone groups is 1. The first kappa shape index (κ1) is 11.2. The minimum absolute atomic E-state index is 0.107. The predicted molar refractivity (Wildman–Crippen MR) is 62.8 cm³/mol. The third kappa shape index (κ3) is 1.31. The average molecular weight is 264 g/mol. The highest BCUT2D eigenvalue weighted by Crippen LogP contribution is 2.42. The van der Waals surface area contributed by atoms with Gasteiger partial charge in [0, 0.05) is 12.2 Å². The van der Waals surface area contributed by atoms with Crippen molar-refractivity contribution < 1.29 is 12.8 Å². The average Bonchev–Trinajstić information content (AvgIpc) is 2.78. The van der Waals surface area contributed by atoms with E-state index in [1.54, 1.807) is 11.0 Å². The number of halogens is 1. The molecule has 0 atom stereocenters. The van der Waals surface area contributed by atoms with Crippen molar-refractivity contribution in [2.45, 2.75) is 17.7 Å². The highest BCUT2D eigenvalue weighted by Gasteiger charge is 2.38. The van der Waals surface area contributed by atoms with Crippen molar-refractivity contribution >= 4 is 15.5 Å². The lowest BCUT2D eigenvalue weighted by Crippen LogP contribution is -2.27. The lowest BCUT2D eigenvalue weighted by Gasteiger charge is -2.28. The fourth-order valence-corrected chi connectivity index (χ4v) is 4.08. The molecular formula is C12H9FN2O2S. The molecule has 0 unspecified atom stereocenters. The summed E-state index contributed by atoms with van der Waals surface area (Å²) in [5, 5.41) is 9.06. The van der Waals surface area contributed by atoms with Crippen LogP contribution < -0.4 is 4.90 Å². The van der Waals surface area contributed by atoms with Crippen molar-refractivity contribution in [2.75, 3.05) is 11.4 Å². The van der Waals surface area contributed by atoms with Crippen molar-refractivity contribution in [3.63, 3.8) is 0 Å². The number of benzene rings is 1. The first-order valence-electron chi connectivity index (χ1n) is 5.51. The maximum Gasteiger partial charge on any atom is 0.220 e. The standard InChI is InChI=1S/C12H9FN2O2S/c13-8-3-4-10-11(6-8)18(16,17)12(7-14)9-2-1-5-15(9)10/h3-4,6H,1-2,5H2. The lowest BCUT2D eigenvalue weighted by molar-refractivity contribution is 0.595. The van der Waals surface area contributed by atoms with E-state index in [1.165, 1.54) is 12.1 Å². The molecule has 0 aliphatic carbocycles. The van der Waals surface area contributed by atoms with E-state index in [1.807, 2.05) is 0 Å². The van der Waals surface area contributed by atoms with Gasteiger partial charge < -0.3 is 4.90 Å². The van der Waals surface area contributed by atoms with Gasteiger partial charge in [0.15, 0.2) is 4.91 Å². The Morgan fingerprint density at radius 2 is 2.17 bits per heavy atom. The van der Waals surface area contributed by atoms with E-state index in [0.717, 1.165) is 12.5 Å². The van der Waals surface area contributed by atoms with Gasteiger partial charge in [-0.3, -0.25) is 0 Å². The van der Waals surface area contributed by atoms with Crippen molar-refractivity contribution in [2.24, 2.45) is 0 Å². The van der Waals surface area contributed by atoms with Crippen LogP contribution in [0, 0.1) is 17.1 Å². The molecular weight excluding hydrogens is 255 g/mol. The number of anilines is 1. The lowest BCUT2D eigenvalue weighted by atomic mass is 10.2. The molecule has 2 heterocycles. The van der Waals surface area contributed by atoms with Gasteiger partial charge in [-0.1, -0.05) is 0 Å². The van der Waals surface area contributed by atoms with Crippen molar-refractivity contribution in [1.82, 2.24) is 0 Å². The fraction of sp³-hybridized carbons (Fsp3) is 0.250. The van der Waals surface area contributed by atoms with Crippen LogP contribution in [0.1, 0.15) is 12.8 Å². The molecule has 2 aliphatic heterocycles. The van der Waals surface area contributed by atoms with Crippen LogP contribution in [0.3, 0.4) is 0 Å². The van der Waals surface area contributed by atoms with Gasteiger partial charge in [0.25, 0.3) is 0 Å². The molecule has 3 rings (SSSR count). The fourth-order valence-electron chi connectivity index (χ4n) is 2.49. The minimum atomic E-state index is -3.87. The number of fused-ring (bicyclic) bond motifs is 3. The van der Waals surface area contributed by atoms with Gasteiger partial charge in [0.1, 0.15) is 11.9 Å². The van der Waals surface area contributed by atoms with Gasteiger partial charge >= 0.3 is 0 Å². The molecule has 0 saturated carbocycles. The normalized spacial score (nSPS) is 20.3. The summed E-state index contributed by atoms with van der Waals surface area (Å²) >= 11 is 0. The van der Waals surface area contributed by atoms with Crippen molar-refractivity contribution in [3.8, 4) is 6.07 Å². The summed E-state index contributed by atoms with van der Waals surface area (Å²) in [6.45, 7) is 0.661. The van der Waals surface area contributed by atoms with Gasteiger partial charge in [0.05, 0.1) is 10.6 Å². The molecule has 0 aromatic heterocycles. The zero-order valence-corrected chi connectivity index (χ0v) is 10.2. The molecule has 6 heteroatoms. The minimum Gasteiger partial charge on any atom is -0.342 e. The molecule has 1 saturated heterocycles. The molecule has 1 fully saturated rings. The summed E-state index contributed by atoms with van der Waals surface area (Å²) in [6, 6.07) is 5.43. The molecule has 92 valence electrons. The second-order valence-corrected chi connectivity index (χ2v) is 6.11. The quantitative estimate of drug-likeness (QED) is 0.718. The zero-order chi connectivity index (χ0) is 12.9. The number of allylic oxidation sites excluding steroid dienone is 2. The van der Waals surface area contributed by atoms with Crippen molar-refractivity contribution in [3.05, 3.63) is 34.6 Å². The number of rotatable bonds is 0. The van der Waals surface area contributed by atoms with Crippen LogP contribution in [-0.4, -0.2) is 15.0 Å². The third-order valence-corrected chi connectivity index (χ3v) is 5.03. The summed E-state index contributed by atoms with van der Waals surface area (Å²) in [7, 11) is -3.87. The van der Waals surface area contributed by atoms with Crippen LogP contribution in [0.5, 0.6) is 0 Å². The van der Waals surface area contributed by atoms with Gasteiger partial charge in [0.2, 0.25) is 9.84 Å². The molecule has 0 bridgehead atoms. The van der Waals surface area contributed by atoms with Crippen molar-refractivity contribution in [1.29, 1.82) is 5.26 Å². The summed E-state index contributed by atoms with van der Waals surface area (Å²) in [4.78, 5) is 1.46. The highest BCUT2D eigenvalue weighted by molar-refractivity contribution is 7.95. The Morgan fingerprint density at radius 3 is 2.89 bits per heavy atom. The summed E-state index contributed by atoms with van der Waals surface area (Å²) in [6.07, 6.45) is 1.37. The smallest absolute Gasteiger partial charge is 0.220 e. The molecule has 0 N–H and O–H groups in total. The Hall–Kier alpha value is -1.87. The third-order valence-electron chi connectivity index (χ3n) is 3.26. The number of hydrogen-bond acceptors (Lipinski definition) is 4. The van der Waals surface area contributed by atoms with Gasteiger partial charge in [-0.25, -0.2) is 12.8 Å². The number of nitrogens with zero attached hydrogens (tertiary/aromatic N) is 2. The van der Waals surface area contributed by atoms with E-state index in [0.29, 0.717) is 24.4 Å². The summed E-state index contributed by atoms with van der Waals surface area (Å²) in [5.41, 5.74) is 1.01. The maximum atomic E-state index is 13.2. The van der Waals surface area contributed by atoms with E-state index in [4.69, 9.17) is 5.26 Å². The topological polar surface area (TPSA) is 61.2 Å². The van der Waals surface area contributed by atoms with E-state index >= 15 is 0 Å². The molecule has 0 spiro atoms. The molecule has 18 heavy (non-hydrogen) atoms. The Balaban J connectivity index is 2.39. The van der Waals surface area contributed by atoms with Crippen LogP contribution in [-0.2, 0) is 9.84 Å². The van der Waals surface area contributed by atoms with Gasteiger partial charge in [-0.2, -0.15) is 5.26 Å². The predicted octanol–water partition coefficient (Wildman–Crippen LogP) is 1.95. The first-order valence-corrected chi connectivity index (χ1v) is 6.99. The summed E-state index contributed by atoms with van der Waals surface area (Å²) in [5.74, 6) is -0.614. The molecule has 0 radical (unpaired) electrons. The number of hydrogen-bond donors (Lipinski definition) is 0. The zero-order valence-electron chi connectivity index (χ0n) is 9.35. The van der Waals surface area contributed by atoms with Crippen LogP contribution >= 0.6 is 0 Å². The van der Waals surface area contributed by atoms with Crippen LogP contribution in [0.4, 0.5) is 10.1 Å². The molecule has 4 nitrogen and oxygen atoms in total. The molecule has 2 aliphatic rings. The van der Waals surface area contributed by atoms with Gasteiger partial charge in [-0.15, -0.1) is 0 Å². The first-order chi connectivity index (χ1) is 8.55. The Labute approximate surface area is 104 Å². The van der Waals surface area contributed by atoms with E-state index in [9.17, 15) is 12.8 Å². The molecule has 1 aromatic rings. The van der Waals surface area contributed by atoms with Crippen LogP contribution in [0.2, 0.25) is 0 Å². The van der Waals surface area contributed by atoms with Crippen LogP contribution in [0.15, 0.2) is 33.7 Å². The number of nitriles is 1. The second kappa shape index (κ2) is 3.56.